The lowest BCUT2D eigenvalue weighted by Gasteiger charge is -2.29. The molecule has 6 heteroatoms. The molecule has 4 atom stereocenters. The molecule has 2 bridgehead atoms. The molecule has 0 unspecified atom stereocenters. The molecule has 1 spiro atoms. The van der Waals surface area contributed by atoms with Gasteiger partial charge in [-0.3, -0.25) is 9.69 Å². The molecule has 0 aliphatic carbocycles. The zero-order chi connectivity index (χ0) is 18.3. The Hall–Kier alpha value is -1.11. The lowest BCUT2D eigenvalue weighted by molar-refractivity contribution is -0.118. The Balaban J connectivity index is 1.41. The zero-order valence-corrected chi connectivity index (χ0v) is 16.3. The van der Waals surface area contributed by atoms with Gasteiger partial charge in [-0.1, -0.05) is 12.1 Å². The van der Waals surface area contributed by atoms with Crippen molar-refractivity contribution in [3.05, 3.63) is 35.1 Å². The van der Waals surface area contributed by atoms with Gasteiger partial charge in [0.2, 0.25) is 5.91 Å². The van der Waals surface area contributed by atoms with Crippen molar-refractivity contribution in [2.45, 2.75) is 38.0 Å². The number of halogens is 1. The highest BCUT2D eigenvalue weighted by atomic mass is 32.2. The molecule has 3 heterocycles. The molecule has 0 aromatic heterocycles. The van der Waals surface area contributed by atoms with Crippen LogP contribution in [0.5, 0.6) is 0 Å². The number of carbonyl (C=O) groups excluding carboxylic acids is 1. The van der Waals surface area contributed by atoms with E-state index in [1.54, 1.807) is 24.8 Å². The van der Waals surface area contributed by atoms with E-state index in [2.05, 4.69) is 10.2 Å². The van der Waals surface area contributed by atoms with Crippen LogP contribution in [-0.2, 0) is 16.1 Å². The molecular weight excluding hydrogens is 351 g/mol. The van der Waals surface area contributed by atoms with E-state index in [0.29, 0.717) is 29.7 Å². The van der Waals surface area contributed by atoms with E-state index in [0.717, 1.165) is 38.0 Å². The zero-order valence-electron chi connectivity index (χ0n) is 15.5. The van der Waals surface area contributed by atoms with Crippen molar-refractivity contribution in [1.29, 1.82) is 0 Å². The number of aryl methyl sites for hydroxylation is 1. The van der Waals surface area contributed by atoms with Crippen LogP contribution in [-0.4, -0.2) is 54.2 Å². The number of hydrogen-bond acceptors (Lipinski definition) is 4. The number of nitrogens with one attached hydrogen (secondary N) is 1. The predicted octanol–water partition coefficient (Wildman–Crippen LogP) is 2.59. The third-order valence-electron chi connectivity index (χ3n) is 6.31. The molecule has 1 N–H and O–H groups in total. The molecule has 0 saturated carbocycles. The van der Waals surface area contributed by atoms with E-state index in [1.165, 1.54) is 0 Å². The van der Waals surface area contributed by atoms with Gasteiger partial charge in [0.1, 0.15) is 5.82 Å². The minimum atomic E-state index is -0.133. The van der Waals surface area contributed by atoms with Gasteiger partial charge in [0.15, 0.2) is 0 Å². The molecule has 1 aromatic carbocycles. The molecule has 26 heavy (non-hydrogen) atoms. The summed E-state index contributed by atoms with van der Waals surface area (Å²) in [6.45, 7) is 5.15. The van der Waals surface area contributed by atoms with Crippen LogP contribution in [0.15, 0.2) is 18.2 Å². The number of thioether (sulfide) groups is 1. The number of benzene rings is 1. The summed E-state index contributed by atoms with van der Waals surface area (Å²) in [6, 6.07) is 5.52. The summed E-state index contributed by atoms with van der Waals surface area (Å²) in [5.41, 5.74) is 1.65. The van der Waals surface area contributed by atoms with Crippen molar-refractivity contribution in [1.82, 2.24) is 10.2 Å². The largest absolute Gasteiger partial charge is 0.370 e. The van der Waals surface area contributed by atoms with E-state index in [1.807, 2.05) is 18.4 Å². The molecule has 3 aliphatic heterocycles. The van der Waals surface area contributed by atoms with Gasteiger partial charge in [-0.25, -0.2) is 4.39 Å². The fourth-order valence-corrected chi connectivity index (χ4v) is 5.45. The standard InChI is InChI=1S/C20H27FN2O2S/c1-13-3-4-14(7-17(13)21)9-23-10-16-15(8-22-19(24)11-26-2)18-5-6-20(16,12-23)25-18/h3-4,7,15-16,18H,5-6,8-12H2,1-2H3,(H,22,24)/t15-,16+,18+,20+/m0/s1. The van der Waals surface area contributed by atoms with Crippen LogP contribution in [0.1, 0.15) is 24.0 Å². The predicted molar refractivity (Wildman–Crippen MR) is 102 cm³/mol. The summed E-state index contributed by atoms with van der Waals surface area (Å²) in [5.74, 6) is 1.35. The highest BCUT2D eigenvalue weighted by Crippen LogP contribution is 2.54. The number of ether oxygens (including phenoxy) is 1. The summed E-state index contributed by atoms with van der Waals surface area (Å²) in [5, 5.41) is 3.09. The first kappa shape index (κ1) is 18.3. The van der Waals surface area contributed by atoms with Gasteiger partial charge in [-0.15, -0.1) is 0 Å². The maximum Gasteiger partial charge on any atom is 0.229 e. The quantitative estimate of drug-likeness (QED) is 0.826. The van der Waals surface area contributed by atoms with Gasteiger partial charge in [0.05, 0.1) is 17.5 Å². The van der Waals surface area contributed by atoms with E-state index in [-0.39, 0.29) is 23.4 Å². The maximum absolute atomic E-state index is 13.8. The Morgan fingerprint density at radius 3 is 3.12 bits per heavy atom. The maximum atomic E-state index is 13.8. The molecule has 3 aliphatic rings. The Bertz CT molecular complexity index is 700. The van der Waals surface area contributed by atoms with Gasteiger partial charge in [0.25, 0.3) is 0 Å². The molecule has 3 saturated heterocycles. The molecule has 0 radical (unpaired) electrons. The molecule has 3 fully saturated rings. The van der Waals surface area contributed by atoms with Crippen LogP contribution in [0.2, 0.25) is 0 Å². The first-order valence-electron chi connectivity index (χ1n) is 9.41. The average Bonchev–Trinajstić information content (AvgIpc) is 3.24. The van der Waals surface area contributed by atoms with Crippen LogP contribution in [0.4, 0.5) is 4.39 Å². The Kier molecular flexibility index (Phi) is 5.01. The monoisotopic (exact) mass is 378 g/mol. The van der Waals surface area contributed by atoms with E-state index in [9.17, 15) is 9.18 Å². The van der Waals surface area contributed by atoms with E-state index >= 15 is 0 Å². The molecule has 142 valence electrons. The average molecular weight is 379 g/mol. The fourth-order valence-electron chi connectivity index (χ4n) is 5.09. The molecule has 1 aromatic rings. The van der Waals surface area contributed by atoms with Crippen molar-refractivity contribution in [3.8, 4) is 0 Å². The number of carbonyl (C=O) groups is 1. The highest BCUT2D eigenvalue weighted by Gasteiger charge is 2.62. The van der Waals surface area contributed by atoms with Crippen LogP contribution < -0.4 is 5.32 Å². The summed E-state index contributed by atoms with van der Waals surface area (Å²) >= 11 is 1.55. The summed E-state index contributed by atoms with van der Waals surface area (Å²) in [6.07, 6.45) is 4.43. The fraction of sp³-hybridized carbons (Fsp3) is 0.650. The minimum absolute atomic E-state index is 0.0528. The Morgan fingerprint density at radius 2 is 2.35 bits per heavy atom. The second kappa shape index (κ2) is 7.13. The first-order chi connectivity index (χ1) is 12.5. The van der Waals surface area contributed by atoms with Crippen LogP contribution in [0, 0.1) is 24.6 Å². The third-order valence-corrected chi connectivity index (χ3v) is 6.86. The smallest absolute Gasteiger partial charge is 0.229 e. The number of amides is 1. The van der Waals surface area contributed by atoms with Crippen molar-refractivity contribution < 1.29 is 13.9 Å². The SMILES string of the molecule is CSCC(=O)NC[C@H]1[C@H]2CN(Cc3ccc(C)c(F)c3)C[C@]23CC[C@H]1O3. The van der Waals surface area contributed by atoms with Crippen molar-refractivity contribution >= 4 is 17.7 Å². The van der Waals surface area contributed by atoms with Crippen molar-refractivity contribution in [3.63, 3.8) is 0 Å². The lowest BCUT2D eigenvalue weighted by atomic mass is 9.73. The Labute approximate surface area is 158 Å². The van der Waals surface area contributed by atoms with Crippen LogP contribution >= 0.6 is 11.8 Å². The minimum Gasteiger partial charge on any atom is -0.370 e. The molecular formula is C20H27FN2O2S. The lowest BCUT2D eigenvalue weighted by Crippen LogP contribution is -2.42. The van der Waals surface area contributed by atoms with Crippen LogP contribution in [0.3, 0.4) is 0 Å². The van der Waals surface area contributed by atoms with Gasteiger partial charge >= 0.3 is 0 Å². The van der Waals surface area contributed by atoms with Gasteiger partial charge < -0.3 is 10.1 Å². The topological polar surface area (TPSA) is 41.6 Å². The Morgan fingerprint density at radius 1 is 1.50 bits per heavy atom. The number of likely N-dealkylation sites (tertiary alicyclic amines) is 1. The summed E-state index contributed by atoms with van der Waals surface area (Å²) in [7, 11) is 0. The first-order valence-corrected chi connectivity index (χ1v) is 10.8. The van der Waals surface area contributed by atoms with Crippen LogP contribution in [0.25, 0.3) is 0 Å². The van der Waals surface area contributed by atoms with E-state index in [4.69, 9.17) is 4.74 Å². The number of fused-ring (bicyclic) bond motifs is 1. The van der Waals surface area contributed by atoms with Gasteiger partial charge in [-0.2, -0.15) is 11.8 Å². The van der Waals surface area contributed by atoms with Crippen molar-refractivity contribution in [2.75, 3.05) is 31.6 Å². The second-order valence-electron chi connectivity index (χ2n) is 8.02. The van der Waals surface area contributed by atoms with E-state index < -0.39 is 0 Å². The van der Waals surface area contributed by atoms with Crippen molar-refractivity contribution in [2.24, 2.45) is 11.8 Å². The van der Waals surface area contributed by atoms with Gasteiger partial charge in [-0.05, 0) is 43.2 Å². The number of nitrogens with zero attached hydrogens (tertiary/aromatic N) is 1. The normalized spacial score (nSPS) is 32.8. The molecule has 4 rings (SSSR count). The molecule has 4 nitrogen and oxygen atoms in total. The summed E-state index contributed by atoms with van der Waals surface area (Å²) in [4.78, 5) is 14.2. The molecule has 1 amide bonds. The highest BCUT2D eigenvalue weighted by molar-refractivity contribution is 7.99. The summed E-state index contributed by atoms with van der Waals surface area (Å²) < 4.78 is 20.3. The number of hydrogen-bond donors (Lipinski definition) is 1. The van der Waals surface area contributed by atoms with Gasteiger partial charge in [0, 0.05) is 38.0 Å². The third kappa shape index (κ3) is 3.27. The second-order valence-corrected chi connectivity index (χ2v) is 8.89. The number of rotatable bonds is 6.